The average molecular weight is 238 g/mol. The fraction of sp³-hybridized carbons (Fsp3) is 0.429. The topological polar surface area (TPSA) is 37.4 Å². The molecule has 2 amide bonds. The van der Waals surface area contributed by atoms with Crippen molar-refractivity contribution in [1.29, 1.82) is 0 Å². The first-order chi connectivity index (χ1) is 5.76. The third kappa shape index (κ3) is 1.66. The second kappa shape index (κ2) is 3.11. The summed E-state index contributed by atoms with van der Waals surface area (Å²) >= 11 is 11.1. The maximum absolute atomic E-state index is 11.4. The zero-order valence-corrected chi connectivity index (χ0v) is 10.0. The second-order valence-electron chi connectivity index (χ2n) is 3.74. The summed E-state index contributed by atoms with van der Waals surface area (Å²) in [5, 5.41) is -0.316. The molecule has 3 nitrogen and oxygen atoms in total. The second-order valence-corrected chi connectivity index (χ2v) is 9.29. The van der Waals surface area contributed by atoms with Gasteiger partial charge in [0.05, 0.1) is 0 Å². The van der Waals surface area contributed by atoms with Crippen molar-refractivity contribution in [3.63, 3.8) is 0 Å². The standard InChI is InChI=1S/C7H9Cl2NO2Si/c1-13(2,3)10-6(11)4(8)5(9)7(10)12/h1-3H3. The van der Waals surface area contributed by atoms with Crippen LogP contribution in [0.5, 0.6) is 0 Å². The normalized spacial score (nSPS) is 19.0. The van der Waals surface area contributed by atoms with E-state index in [1.54, 1.807) is 0 Å². The average Bonchev–Trinajstić information content (AvgIpc) is 2.14. The Hall–Kier alpha value is -0.323. The molecule has 1 aliphatic heterocycles. The van der Waals surface area contributed by atoms with Crippen molar-refractivity contribution in [3.8, 4) is 0 Å². The molecule has 72 valence electrons. The van der Waals surface area contributed by atoms with Gasteiger partial charge in [0.1, 0.15) is 10.1 Å². The molecule has 13 heavy (non-hydrogen) atoms. The summed E-state index contributed by atoms with van der Waals surface area (Å²) in [7, 11) is -2.01. The van der Waals surface area contributed by atoms with Gasteiger partial charge in [0, 0.05) is 0 Å². The number of nitrogens with zero attached hydrogens (tertiary/aromatic N) is 1. The van der Waals surface area contributed by atoms with Gasteiger partial charge in [-0.1, -0.05) is 42.8 Å². The van der Waals surface area contributed by atoms with E-state index < -0.39 is 20.0 Å². The van der Waals surface area contributed by atoms with Gasteiger partial charge in [-0.25, -0.2) is 0 Å². The van der Waals surface area contributed by atoms with Gasteiger partial charge in [-0.3, -0.25) is 9.59 Å². The predicted molar refractivity (Wildman–Crippen MR) is 53.9 cm³/mol. The molecule has 0 aromatic rings. The molecule has 1 heterocycles. The quantitative estimate of drug-likeness (QED) is 0.516. The number of imide groups is 1. The largest absolute Gasteiger partial charge is 0.303 e. The van der Waals surface area contributed by atoms with Crippen molar-refractivity contribution in [2.75, 3.05) is 0 Å². The van der Waals surface area contributed by atoms with Crippen molar-refractivity contribution in [2.45, 2.75) is 19.6 Å². The van der Waals surface area contributed by atoms with E-state index in [1.807, 2.05) is 19.6 Å². The van der Waals surface area contributed by atoms with Crippen molar-refractivity contribution in [2.24, 2.45) is 0 Å². The summed E-state index contributed by atoms with van der Waals surface area (Å²) in [4.78, 5) is 22.9. The molecule has 0 saturated heterocycles. The lowest BCUT2D eigenvalue weighted by atomic mass is 10.5. The van der Waals surface area contributed by atoms with Gasteiger partial charge in [0.15, 0.2) is 8.24 Å². The number of hydrogen-bond acceptors (Lipinski definition) is 2. The number of halogens is 2. The molecule has 0 unspecified atom stereocenters. The highest BCUT2D eigenvalue weighted by atomic mass is 35.5. The Morgan fingerprint density at radius 1 is 1.00 bits per heavy atom. The first-order valence-corrected chi connectivity index (χ1v) is 7.91. The minimum atomic E-state index is -2.01. The van der Waals surface area contributed by atoms with Crippen LogP contribution in [0, 0.1) is 0 Å². The highest BCUT2D eigenvalue weighted by molar-refractivity contribution is 6.81. The highest BCUT2D eigenvalue weighted by Gasteiger charge is 2.43. The number of rotatable bonds is 1. The molecular formula is C7H9Cl2NO2Si. The molecule has 0 aliphatic carbocycles. The van der Waals surface area contributed by atoms with Crippen LogP contribution in [-0.2, 0) is 9.59 Å². The zero-order chi connectivity index (χ0) is 10.4. The number of hydrogen-bond donors (Lipinski definition) is 0. The Morgan fingerprint density at radius 3 is 1.46 bits per heavy atom. The molecule has 0 aromatic heterocycles. The Balaban J connectivity index is 3.12. The van der Waals surface area contributed by atoms with Gasteiger partial charge in [-0.05, 0) is 0 Å². The lowest BCUT2D eigenvalue weighted by Crippen LogP contribution is -2.50. The molecule has 0 N–H and O–H groups in total. The molecule has 0 aromatic carbocycles. The fourth-order valence-corrected chi connectivity index (χ4v) is 3.00. The van der Waals surface area contributed by atoms with E-state index in [4.69, 9.17) is 23.2 Å². The van der Waals surface area contributed by atoms with E-state index in [9.17, 15) is 9.59 Å². The summed E-state index contributed by atoms with van der Waals surface area (Å²) in [5.74, 6) is -0.924. The minimum absolute atomic E-state index is 0.158. The van der Waals surface area contributed by atoms with Crippen LogP contribution in [0.15, 0.2) is 10.1 Å². The minimum Gasteiger partial charge on any atom is -0.303 e. The van der Waals surface area contributed by atoms with Crippen LogP contribution < -0.4 is 0 Å². The van der Waals surface area contributed by atoms with Crippen LogP contribution in [-0.4, -0.2) is 24.6 Å². The SMILES string of the molecule is C[Si](C)(C)N1C(=O)C(Cl)=C(Cl)C1=O. The summed E-state index contributed by atoms with van der Waals surface area (Å²) < 4.78 is 1.19. The summed E-state index contributed by atoms with van der Waals surface area (Å²) in [5.41, 5.74) is 0. The van der Waals surface area contributed by atoms with Crippen LogP contribution >= 0.6 is 23.2 Å². The van der Waals surface area contributed by atoms with E-state index in [0.717, 1.165) is 0 Å². The van der Waals surface area contributed by atoms with Crippen LogP contribution in [0.4, 0.5) is 0 Å². The Labute approximate surface area is 87.4 Å². The lowest BCUT2D eigenvalue weighted by molar-refractivity contribution is -0.132. The molecule has 0 spiro atoms. The Bertz CT molecular complexity index is 295. The third-order valence-corrected chi connectivity index (χ3v) is 4.19. The van der Waals surface area contributed by atoms with Gasteiger partial charge in [-0.15, -0.1) is 0 Å². The van der Waals surface area contributed by atoms with Crippen LogP contribution in [0.2, 0.25) is 19.6 Å². The number of carbonyl (C=O) groups is 2. The number of carbonyl (C=O) groups excluding carboxylic acids is 2. The van der Waals surface area contributed by atoms with Crippen LogP contribution in [0.25, 0.3) is 0 Å². The van der Waals surface area contributed by atoms with Gasteiger partial charge >= 0.3 is 0 Å². The van der Waals surface area contributed by atoms with Crippen molar-refractivity contribution < 1.29 is 9.59 Å². The monoisotopic (exact) mass is 237 g/mol. The van der Waals surface area contributed by atoms with Crippen molar-refractivity contribution >= 4 is 43.3 Å². The highest BCUT2D eigenvalue weighted by Crippen LogP contribution is 2.30. The smallest absolute Gasteiger partial charge is 0.266 e. The number of amides is 2. The molecule has 0 saturated carbocycles. The van der Waals surface area contributed by atoms with Gasteiger partial charge in [0.25, 0.3) is 11.8 Å². The van der Waals surface area contributed by atoms with Crippen LogP contribution in [0.3, 0.4) is 0 Å². The molecule has 0 atom stereocenters. The first-order valence-electron chi connectivity index (χ1n) is 3.71. The molecule has 6 heteroatoms. The van der Waals surface area contributed by atoms with E-state index >= 15 is 0 Å². The summed E-state index contributed by atoms with van der Waals surface area (Å²) in [6.07, 6.45) is 0. The lowest BCUT2D eigenvalue weighted by Gasteiger charge is -2.27. The summed E-state index contributed by atoms with van der Waals surface area (Å²) in [6.45, 7) is 5.63. The van der Waals surface area contributed by atoms with Crippen LogP contribution in [0.1, 0.15) is 0 Å². The van der Waals surface area contributed by atoms with E-state index in [0.29, 0.717) is 0 Å². The van der Waals surface area contributed by atoms with Gasteiger partial charge in [-0.2, -0.15) is 0 Å². The maximum Gasteiger partial charge on any atom is 0.266 e. The maximum atomic E-state index is 11.4. The zero-order valence-electron chi connectivity index (χ0n) is 7.52. The van der Waals surface area contributed by atoms with Gasteiger partial charge < -0.3 is 4.57 Å². The predicted octanol–water partition coefficient (Wildman–Crippen LogP) is 1.88. The molecule has 0 bridgehead atoms. The first kappa shape index (κ1) is 10.8. The Kier molecular flexibility index (Phi) is 2.58. The van der Waals surface area contributed by atoms with E-state index in [2.05, 4.69) is 0 Å². The molecule has 0 radical (unpaired) electrons. The van der Waals surface area contributed by atoms with Gasteiger partial charge in [0.2, 0.25) is 0 Å². The Morgan fingerprint density at radius 2 is 1.31 bits per heavy atom. The molecule has 0 fully saturated rings. The van der Waals surface area contributed by atoms with E-state index in [1.165, 1.54) is 4.57 Å². The molecule has 1 rings (SSSR count). The van der Waals surface area contributed by atoms with E-state index in [-0.39, 0.29) is 10.1 Å². The third-order valence-electron chi connectivity index (χ3n) is 1.65. The fourth-order valence-electron chi connectivity index (χ4n) is 1.09. The summed E-state index contributed by atoms with van der Waals surface area (Å²) in [6, 6.07) is 0. The van der Waals surface area contributed by atoms with Crippen molar-refractivity contribution in [3.05, 3.63) is 10.1 Å². The molecular weight excluding hydrogens is 229 g/mol. The molecule has 1 aliphatic rings. The van der Waals surface area contributed by atoms with Crippen molar-refractivity contribution in [1.82, 2.24) is 4.57 Å².